The second kappa shape index (κ2) is 12.0. The minimum absolute atomic E-state index is 0.0919. The van der Waals surface area contributed by atoms with Crippen molar-refractivity contribution >= 4 is 34.8 Å². The summed E-state index contributed by atoms with van der Waals surface area (Å²) in [6.07, 6.45) is 10.1. The van der Waals surface area contributed by atoms with Gasteiger partial charge < -0.3 is 4.74 Å². The first-order valence-electron chi connectivity index (χ1n) is 7.46. The molecule has 0 rings (SSSR count). The summed E-state index contributed by atoms with van der Waals surface area (Å²) in [7, 11) is 1.44. The minimum Gasteiger partial charge on any atom is -0.469 e. The van der Waals surface area contributed by atoms with Gasteiger partial charge in [-0.25, -0.2) is 0 Å². The number of hydrogen-bond donors (Lipinski definition) is 0. The number of ether oxygens (including phenoxy) is 1. The molecule has 0 unspecified atom stereocenters. The Labute approximate surface area is 128 Å². The van der Waals surface area contributed by atoms with Crippen LogP contribution in [0.3, 0.4) is 0 Å². The van der Waals surface area contributed by atoms with Gasteiger partial charge in [-0.3, -0.25) is 4.79 Å². The Kier molecular flexibility index (Phi) is 12.2. The standard InChI is InChI=1S/C14H28Cl2O2Si/c1-3-19(15,16)13-11-9-7-5-4-6-8-10-12-14(17)18-2/h3-13H2,1-2H3. The van der Waals surface area contributed by atoms with Crippen molar-refractivity contribution in [2.75, 3.05) is 7.11 Å². The second-order valence-electron chi connectivity index (χ2n) is 5.11. The zero-order chi connectivity index (χ0) is 14.6. The van der Waals surface area contributed by atoms with Gasteiger partial charge in [0.15, 0.2) is 0 Å². The predicted molar refractivity (Wildman–Crippen MR) is 86.3 cm³/mol. The molecule has 0 spiro atoms. The van der Waals surface area contributed by atoms with E-state index >= 15 is 0 Å². The van der Waals surface area contributed by atoms with E-state index in [4.69, 9.17) is 22.2 Å². The maximum atomic E-state index is 10.9. The lowest BCUT2D eigenvalue weighted by atomic mass is 10.1. The van der Waals surface area contributed by atoms with Gasteiger partial charge in [-0.1, -0.05) is 51.9 Å². The van der Waals surface area contributed by atoms with Crippen molar-refractivity contribution in [3.05, 3.63) is 0 Å². The summed E-state index contributed by atoms with van der Waals surface area (Å²) in [5.41, 5.74) is 0. The third kappa shape index (κ3) is 13.0. The van der Waals surface area contributed by atoms with Gasteiger partial charge in [0.05, 0.1) is 7.11 Å². The van der Waals surface area contributed by atoms with E-state index in [9.17, 15) is 4.79 Å². The number of rotatable bonds is 12. The highest BCUT2D eigenvalue weighted by Gasteiger charge is 2.24. The van der Waals surface area contributed by atoms with E-state index in [1.807, 2.05) is 0 Å². The Morgan fingerprint density at radius 2 is 1.42 bits per heavy atom. The number of carbonyl (C=O) groups excluding carboxylic acids is 1. The van der Waals surface area contributed by atoms with Gasteiger partial charge in [0, 0.05) is 6.42 Å². The monoisotopic (exact) mass is 326 g/mol. The minimum atomic E-state index is -1.88. The number of hydrogen-bond acceptors (Lipinski definition) is 2. The number of esters is 1. The number of methoxy groups -OCH3 is 1. The fourth-order valence-corrected chi connectivity index (χ4v) is 3.92. The first kappa shape index (κ1) is 19.3. The highest BCUT2D eigenvalue weighted by Crippen LogP contribution is 2.27. The molecule has 0 aliphatic carbocycles. The van der Waals surface area contributed by atoms with E-state index in [0.717, 1.165) is 24.9 Å². The van der Waals surface area contributed by atoms with Gasteiger partial charge in [-0.15, -0.1) is 22.2 Å². The van der Waals surface area contributed by atoms with Crippen LogP contribution in [0.4, 0.5) is 0 Å². The molecule has 0 radical (unpaired) electrons. The first-order chi connectivity index (χ1) is 9.02. The molecule has 0 saturated carbocycles. The fraction of sp³-hybridized carbons (Fsp3) is 0.929. The molecule has 19 heavy (non-hydrogen) atoms. The lowest BCUT2D eigenvalue weighted by Crippen LogP contribution is -2.16. The molecule has 0 aromatic carbocycles. The van der Waals surface area contributed by atoms with Crippen LogP contribution < -0.4 is 0 Å². The average Bonchev–Trinajstić information content (AvgIpc) is 2.40. The van der Waals surface area contributed by atoms with Crippen LogP contribution in [-0.4, -0.2) is 19.8 Å². The molecular weight excluding hydrogens is 299 g/mol. The van der Waals surface area contributed by atoms with Crippen LogP contribution in [0.2, 0.25) is 12.1 Å². The molecule has 0 amide bonds. The Hall–Kier alpha value is 0.267. The van der Waals surface area contributed by atoms with Gasteiger partial charge in [-0.05, 0) is 18.5 Å². The fourth-order valence-electron chi connectivity index (χ4n) is 1.99. The lowest BCUT2D eigenvalue weighted by molar-refractivity contribution is -0.140. The zero-order valence-electron chi connectivity index (χ0n) is 12.4. The van der Waals surface area contributed by atoms with Crippen molar-refractivity contribution in [1.29, 1.82) is 0 Å². The molecular formula is C14H28Cl2O2Si. The van der Waals surface area contributed by atoms with Crippen LogP contribution in [0.1, 0.15) is 64.7 Å². The van der Waals surface area contributed by atoms with E-state index in [2.05, 4.69) is 11.7 Å². The van der Waals surface area contributed by atoms with Crippen molar-refractivity contribution in [3.8, 4) is 0 Å². The van der Waals surface area contributed by atoms with E-state index < -0.39 is 6.69 Å². The van der Waals surface area contributed by atoms with Crippen LogP contribution in [0, 0.1) is 0 Å². The molecule has 0 heterocycles. The number of carbonyl (C=O) groups is 1. The molecule has 0 fully saturated rings. The summed E-state index contributed by atoms with van der Waals surface area (Å²) < 4.78 is 4.60. The molecule has 0 aliphatic rings. The van der Waals surface area contributed by atoms with Crippen molar-refractivity contribution in [3.63, 3.8) is 0 Å². The Morgan fingerprint density at radius 1 is 0.947 bits per heavy atom. The van der Waals surface area contributed by atoms with Gasteiger partial charge in [0.1, 0.15) is 0 Å². The van der Waals surface area contributed by atoms with Crippen molar-refractivity contribution in [2.45, 2.75) is 76.8 Å². The summed E-state index contributed by atoms with van der Waals surface area (Å²) in [6.45, 7) is 0.207. The summed E-state index contributed by atoms with van der Waals surface area (Å²) in [5, 5.41) is 0. The van der Waals surface area contributed by atoms with Crippen LogP contribution in [0.5, 0.6) is 0 Å². The maximum Gasteiger partial charge on any atom is 0.305 e. The summed E-state index contributed by atoms with van der Waals surface area (Å²) in [6, 6.07) is 1.99. The smallest absolute Gasteiger partial charge is 0.305 e. The summed E-state index contributed by atoms with van der Waals surface area (Å²) >= 11 is 12.4. The van der Waals surface area contributed by atoms with Gasteiger partial charge >= 0.3 is 5.97 Å². The normalized spacial score (nSPS) is 11.6. The molecule has 2 nitrogen and oxygen atoms in total. The van der Waals surface area contributed by atoms with Gasteiger partial charge in [-0.2, -0.15) is 0 Å². The highest BCUT2D eigenvalue weighted by molar-refractivity contribution is 7.45. The van der Waals surface area contributed by atoms with Crippen molar-refractivity contribution in [1.82, 2.24) is 0 Å². The van der Waals surface area contributed by atoms with Gasteiger partial charge in [0.2, 0.25) is 0 Å². The highest BCUT2D eigenvalue weighted by atomic mass is 35.7. The van der Waals surface area contributed by atoms with E-state index in [1.54, 1.807) is 0 Å². The molecule has 0 N–H and O–H groups in total. The Balaban J connectivity index is 3.17. The maximum absolute atomic E-state index is 10.9. The molecule has 0 aromatic rings. The lowest BCUT2D eigenvalue weighted by Gasteiger charge is -2.13. The average molecular weight is 327 g/mol. The predicted octanol–water partition coefficient (Wildman–Crippen LogP) is 5.61. The second-order valence-corrected chi connectivity index (χ2v) is 13.0. The molecule has 0 atom stereocenters. The van der Waals surface area contributed by atoms with Crippen LogP contribution in [0.25, 0.3) is 0 Å². The Bertz CT molecular complexity index is 235. The molecule has 0 aromatic heterocycles. The van der Waals surface area contributed by atoms with Crippen molar-refractivity contribution in [2.24, 2.45) is 0 Å². The van der Waals surface area contributed by atoms with E-state index in [0.29, 0.717) is 6.42 Å². The third-order valence-corrected chi connectivity index (χ3v) is 8.28. The summed E-state index contributed by atoms with van der Waals surface area (Å²) in [5.74, 6) is -0.0919. The van der Waals surface area contributed by atoms with Gasteiger partial charge in [0.25, 0.3) is 6.69 Å². The molecule has 114 valence electrons. The topological polar surface area (TPSA) is 26.3 Å². The molecule has 5 heteroatoms. The summed E-state index contributed by atoms with van der Waals surface area (Å²) in [4.78, 5) is 10.9. The van der Waals surface area contributed by atoms with Crippen LogP contribution in [0.15, 0.2) is 0 Å². The number of unbranched alkanes of at least 4 members (excludes halogenated alkanes) is 7. The number of halogens is 2. The van der Waals surface area contributed by atoms with Crippen LogP contribution >= 0.6 is 22.2 Å². The van der Waals surface area contributed by atoms with E-state index in [1.165, 1.54) is 45.6 Å². The molecule has 0 bridgehead atoms. The SMILES string of the molecule is CC[Si](Cl)(Cl)CCCCCCCCCCC(=O)OC. The van der Waals surface area contributed by atoms with Crippen LogP contribution in [-0.2, 0) is 9.53 Å². The zero-order valence-corrected chi connectivity index (χ0v) is 14.9. The first-order valence-corrected chi connectivity index (χ1v) is 11.9. The largest absolute Gasteiger partial charge is 0.469 e. The van der Waals surface area contributed by atoms with E-state index in [-0.39, 0.29) is 5.97 Å². The quantitative estimate of drug-likeness (QED) is 0.201. The third-order valence-electron chi connectivity index (χ3n) is 3.42. The Morgan fingerprint density at radius 3 is 1.89 bits per heavy atom. The molecule has 0 saturated heterocycles. The van der Waals surface area contributed by atoms with Crippen molar-refractivity contribution < 1.29 is 9.53 Å². The molecule has 0 aliphatic heterocycles.